The molecule has 168 valence electrons. The number of amides is 2. The van der Waals surface area contributed by atoms with Gasteiger partial charge in [0.1, 0.15) is 11.4 Å². The van der Waals surface area contributed by atoms with Gasteiger partial charge in [0.15, 0.2) is 0 Å². The SMILES string of the molecule is CCCOc1ccc(C2=C(N3CCC(C)CC3)C(=O)N(c3ccc(C)cc3C)C2=O)cc1. The quantitative estimate of drug-likeness (QED) is 0.596. The number of rotatable bonds is 6. The van der Waals surface area contributed by atoms with Crippen LogP contribution in [0.4, 0.5) is 5.69 Å². The molecule has 2 aliphatic rings. The van der Waals surface area contributed by atoms with Gasteiger partial charge in [-0.3, -0.25) is 9.59 Å². The van der Waals surface area contributed by atoms with Crippen LogP contribution in [0.15, 0.2) is 48.2 Å². The third-order valence-corrected chi connectivity index (χ3v) is 6.37. The molecule has 0 bridgehead atoms. The number of hydrogen-bond donors (Lipinski definition) is 0. The summed E-state index contributed by atoms with van der Waals surface area (Å²) < 4.78 is 5.70. The van der Waals surface area contributed by atoms with Crippen LogP contribution < -0.4 is 9.64 Å². The highest BCUT2D eigenvalue weighted by Gasteiger charge is 2.43. The number of aryl methyl sites for hydroxylation is 2. The van der Waals surface area contributed by atoms with Gasteiger partial charge in [0, 0.05) is 13.1 Å². The standard InChI is InChI=1S/C27H32N2O3/c1-5-16-32-22-9-7-21(8-10-22)24-25(28-14-12-18(2)13-15-28)27(31)29(26(24)30)23-11-6-19(3)17-20(23)4/h6-11,17-18H,5,12-16H2,1-4H3. The number of likely N-dealkylation sites (tertiary alicyclic amines) is 1. The predicted octanol–water partition coefficient (Wildman–Crippen LogP) is 5.11. The number of hydrogen-bond acceptors (Lipinski definition) is 4. The van der Waals surface area contributed by atoms with Crippen molar-refractivity contribution in [1.29, 1.82) is 0 Å². The fourth-order valence-electron chi connectivity index (χ4n) is 4.52. The Kier molecular flexibility index (Phi) is 6.35. The van der Waals surface area contributed by atoms with Crippen molar-refractivity contribution >= 4 is 23.1 Å². The van der Waals surface area contributed by atoms with E-state index in [4.69, 9.17) is 4.74 Å². The van der Waals surface area contributed by atoms with E-state index in [0.717, 1.165) is 54.8 Å². The Morgan fingerprint density at radius 1 is 0.969 bits per heavy atom. The summed E-state index contributed by atoms with van der Waals surface area (Å²) in [6, 6.07) is 13.4. The number of carbonyl (C=O) groups excluding carboxylic acids is 2. The molecule has 32 heavy (non-hydrogen) atoms. The number of anilines is 1. The number of imide groups is 1. The molecule has 0 saturated carbocycles. The molecular formula is C27H32N2O3. The van der Waals surface area contributed by atoms with E-state index in [9.17, 15) is 9.59 Å². The molecule has 1 fully saturated rings. The lowest BCUT2D eigenvalue weighted by Crippen LogP contribution is -2.38. The zero-order valence-corrected chi connectivity index (χ0v) is 19.5. The molecule has 0 radical (unpaired) electrons. The van der Waals surface area contributed by atoms with Gasteiger partial charge in [-0.2, -0.15) is 0 Å². The van der Waals surface area contributed by atoms with Crippen molar-refractivity contribution in [3.63, 3.8) is 0 Å². The second-order valence-electron chi connectivity index (χ2n) is 9.00. The van der Waals surface area contributed by atoms with Crippen LogP contribution in [0, 0.1) is 19.8 Å². The van der Waals surface area contributed by atoms with Crippen molar-refractivity contribution in [1.82, 2.24) is 4.90 Å². The van der Waals surface area contributed by atoms with Crippen LogP contribution in [-0.2, 0) is 9.59 Å². The largest absolute Gasteiger partial charge is 0.494 e. The molecule has 0 aromatic heterocycles. The van der Waals surface area contributed by atoms with Crippen molar-refractivity contribution in [2.24, 2.45) is 5.92 Å². The molecule has 0 N–H and O–H groups in total. The van der Waals surface area contributed by atoms with Crippen LogP contribution in [0.5, 0.6) is 5.75 Å². The van der Waals surface area contributed by atoms with E-state index >= 15 is 0 Å². The maximum Gasteiger partial charge on any atom is 0.282 e. The lowest BCUT2D eigenvalue weighted by Gasteiger charge is -2.32. The van der Waals surface area contributed by atoms with E-state index in [1.807, 2.05) is 56.3 Å². The summed E-state index contributed by atoms with van der Waals surface area (Å²) in [5.41, 5.74) is 4.46. The zero-order chi connectivity index (χ0) is 22.8. The summed E-state index contributed by atoms with van der Waals surface area (Å²) >= 11 is 0. The Balaban J connectivity index is 1.76. The molecule has 2 heterocycles. The van der Waals surface area contributed by atoms with Gasteiger partial charge in [0.05, 0.1) is 17.9 Å². The van der Waals surface area contributed by atoms with Crippen LogP contribution in [-0.4, -0.2) is 36.4 Å². The molecule has 5 nitrogen and oxygen atoms in total. The van der Waals surface area contributed by atoms with E-state index < -0.39 is 0 Å². The molecular weight excluding hydrogens is 400 g/mol. The first-order valence-corrected chi connectivity index (χ1v) is 11.6. The van der Waals surface area contributed by atoms with Crippen LogP contribution >= 0.6 is 0 Å². The first-order chi connectivity index (χ1) is 15.4. The van der Waals surface area contributed by atoms with Gasteiger partial charge in [-0.15, -0.1) is 0 Å². The molecule has 1 saturated heterocycles. The minimum atomic E-state index is -0.252. The monoisotopic (exact) mass is 432 g/mol. The Morgan fingerprint density at radius 2 is 1.66 bits per heavy atom. The second-order valence-corrected chi connectivity index (χ2v) is 9.00. The smallest absolute Gasteiger partial charge is 0.282 e. The average Bonchev–Trinajstić information content (AvgIpc) is 3.03. The Bertz CT molecular complexity index is 1050. The van der Waals surface area contributed by atoms with Crippen molar-refractivity contribution < 1.29 is 14.3 Å². The van der Waals surface area contributed by atoms with E-state index in [2.05, 4.69) is 18.7 Å². The van der Waals surface area contributed by atoms with E-state index in [-0.39, 0.29) is 11.8 Å². The van der Waals surface area contributed by atoms with Crippen LogP contribution in [0.1, 0.15) is 49.8 Å². The van der Waals surface area contributed by atoms with Gasteiger partial charge >= 0.3 is 0 Å². The highest BCUT2D eigenvalue weighted by atomic mass is 16.5. The van der Waals surface area contributed by atoms with Crippen molar-refractivity contribution in [2.45, 2.75) is 47.0 Å². The van der Waals surface area contributed by atoms with E-state index in [1.54, 1.807) is 0 Å². The first-order valence-electron chi connectivity index (χ1n) is 11.6. The molecule has 2 aromatic carbocycles. The maximum atomic E-state index is 13.7. The lowest BCUT2D eigenvalue weighted by molar-refractivity contribution is -0.120. The molecule has 0 unspecified atom stereocenters. The Hall–Kier alpha value is -3.08. The molecule has 2 aromatic rings. The summed E-state index contributed by atoms with van der Waals surface area (Å²) in [7, 11) is 0. The molecule has 0 atom stereocenters. The Labute approximate surface area is 190 Å². The highest BCUT2D eigenvalue weighted by molar-refractivity contribution is 6.45. The first kappa shape index (κ1) is 22.1. The van der Waals surface area contributed by atoms with Gasteiger partial charge in [-0.25, -0.2) is 4.90 Å². The summed E-state index contributed by atoms with van der Waals surface area (Å²) in [6.07, 6.45) is 2.97. The lowest BCUT2D eigenvalue weighted by atomic mass is 9.97. The normalized spacial score (nSPS) is 17.5. The molecule has 4 rings (SSSR count). The van der Waals surface area contributed by atoms with Gasteiger partial charge in [-0.05, 0) is 68.4 Å². The third kappa shape index (κ3) is 4.16. The third-order valence-electron chi connectivity index (χ3n) is 6.37. The molecule has 5 heteroatoms. The summed E-state index contributed by atoms with van der Waals surface area (Å²) in [5.74, 6) is 0.927. The number of piperidine rings is 1. The second kappa shape index (κ2) is 9.19. The van der Waals surface area contributed by atoms with Gasteiger partial charge in [0.25, 0.3) is 11.8 Å². The maximum absolute atomic E-state index is 13.7. The minimum Gasteiger partial charge on any atom is -0.494 e. The number of ether oxygens (including phenoxy) is 1. The van der Waals surface area contributed by atoms with Crippen molar-refractivity contribution in [3.05, 3.63) is 64.9 Å². The van der Waals surface area contributed by atoms with Gasteiger partial charge in [0.2, 0.25) is 0 Å². The van der Waals surface area contributed by atoms with Crippen molar-refractivity contribution in [2.75, 3.05) is 24.6 Å². The molecule has 2 aliphatic heterocycles. The van der Waals surface area contributed by atoms with Gasteiger partial charge < -0.3 is 9.64 Å². The number of benzene rings is 2. The summed E-state index contributed by atoms with van der Waals surface area (Å²) in [6.45, 7) is 10.5. The summed E-state index contributed by atoms with van der Waals surface area (Å²) in [5, 5.41) is 0. The molecule has 0 aliphatic carbocycles. The number of carbonyl (C=O) groups is 2. The van der Waals surface area contributed by atoms with E-state index in [1.165, 1.54) is 4.90 Å². The minimum absolute atomic E-state index is 0.224. The molecule has 0 spiro atoms. The topological polar surface area (TPSA) is 49.9 Å². The number of nitrogens with zero attached hydrogens (tertiary/aromatic N) is 2. The summed E-state index contributed by atoms with van der Waals surface area (Å²) in [4.78, 5) is 30.9. The average molecular weight is 433 g/mol. The van der Waals surface area contributed by atoms with Crippen LogP contribution in [0.2, 0.25) is 0 Å². The fourth-order valence-corrected chi connectivity index (χ4v) is 4.52. The van der Waals surface area contributed by atoms with Crippen LogP contribution in [0.3, 0.4) is 0 Å². The van der Waals surface area contributed by atoms with Crippen LogP contribution in [0.25, 0.3) is 5.57 Å². The van der Waals surface area contributed by atoms with Gasteiger partial charge in [-0.1, -0.05) is 43.7 Å². The fraction of sp³-hybridized carbons (Fsp3) is 0.407. The highest BCUT2D eigenvalue weighted by Crippen LogP contribution is 2.38. The Morgan fingerprint density at radius 3 is 2.28 bits per heavy atom. The van der Waals surface area contributed by atoms with Crippen molar-refractivity contribution in [3.8, 4) is 5.75 Å². The zero-order valence-electron chi connectivity index (χ0n) is 19.5. The predicted molar refractivity (Wildman–Crippen MR) is 128 cm³/mol. The van der Waals surface area contributed by atoms with E-state index in [0.29, 0.717) is 29.5 Å². The molecule has 2 amide bonds.